The highest BCUT2D eigenvalue weighted by molar-refractivity contribution is 5.11. The first kappa shape index (κ1) is 13.6. The average molecular weight is 275 g/mol. The standard InChI is InChI=1S/C19H31O/c1-18-9-3-4-16(18)15-6-5-13-12-14(20)7-11-19(13,2)17(15)8-10-18/h9,13-17,20H,3-8,10-12H2,1-2H3. The third-order valence-corrected chi connectivity index (χ3v) is 8.16. The van der Waals surface area contributed by atoms with Crippen LogP contribution in [0.2, 0.25) is 0 Å². The molecule has 0 bridgehead atoms. The summed E-state index contributed by atoms with van der Waals surface area (Å²) in [7, 11) is 0. The van der Waals surface area contributed by atoms with Gasteiger partial charge in [-0.1, -0.05) is 13.8 Å². The Kier molecular flexibility index (Phi) is 3.05. The molecule has 1 nitrogen and oxygen atoms in total. The summed E-state index contributed by atoms with van der Waals surface area (Å²) in [5.41, 5.74) is 1.12. The predicted octanol–water partition coefficient (Wildman–Crippen LogP) is 4.59. The number of fused-ring (bicyclic) bond motifs is 5. The zero-order chi connectivity index (χ0) is 14.0. The van der Waals surface area contributed by atoms with Gasteiger partial charge in [-0.3, -0.25) is 0 Å². The van der Waals surface area contributed by atoms with Gasteiger partial charge in [0.1, 0.15) is 0 Å². The van der Waals surface area contributed by atoms with Crippen molar-refractivity contribution in [2.45, 2.75) is 77.7 Å². The van der Waals surface area contributed by atoms with Gasteiger partial charge in [0, 0.05) is 0 Å². The van der Waals surface area contributed by atoms with E-state index in [1.165, 1.54) is 44.9 Å². The molecule has 4 rings (SSSR count). The number of rotatable bonds is 0. The summed E-state index contributed by atoms with van der Waals surface area (Å²) in [4.78, 5) is 0. The van der Waals surface area contributed by atoms with E-state index < -0.39 is 0 Å². The van der Waals surface area contributed by atoms with E-state index in [0.29, 0.717) is 10.8 Å². The highest BCUT2D eigenvalue weighted by atomic mass is 16.3. The van der Waals surface area contributed by atoms with Gasteiger partial charge in [-0.05, 0) is 98.7 Å². The molecule has 1 N–H and O–H groups in total. The molecule has 7 unspecified atom stereocenters. The smallest absolute Gasteiger partial charge is 0.0543 e. The molecule has 0 amide bonds. The highest BCUT2D eigenvalue weighted by Crippen LogP contribution is 2.65. The molecular weight excluding hydrogens is 244 g/mol. The van der Waals surface area contributed by atoms with Gasteiger partial charge in [0.05, 0.1) is 6.10 Å². The number of aliphatic hydroxyl groups is 1. The zero-order valence-electron chi connectivity index (χ0n) is 13.3. The topological polar surface area (TPSA) is 20.2 Å². The average Bonchev–Trinajstić information content (AvgIpc) is 2.81. The fraction of sp³-hybridized carbons (Fsp3) is 0.947. The highest BCUT2D eigenvalue weighted by Gasteiger charge is 2.57. The summed E-state index contributed by atoms with van der Waals surface area (Å²) in [5.74, 6) is 3.73. The van der Waals surface area contributed by atoms with Gasteiger partial charge >= 0.3 is 0 Å². The number of hydrogen-bond donors (Lipinski definition) is 1. The molecule has 1 radical (unpaired) electrons. The lowest BCUT2D eigenvalue weighted by atomic mass is 9.45. The largest absolute Gasteiger partial charge is 0.393 e. The van der Waals surface area contributed by atoms with E-state index in [-0.39, 0.29) is 6.10 Å². The van der Waals surface area contributed by atoms with Crippen molar-refractivity contribution >= 4 is 0 Å². The third kappa shape index (κ3) is 1.77. The fourth-order valence-electron chi connectivity index (χ4n) is 6.97. The summed E-state index contributed by atoms with van der Waals surface area (Å²) in [6.45, 7) is 5.13. The van der Waals surface area contributed by atoms with Crippen LogP contribution in [0.15, 0.2) is 0 Å². The Morgan fingerprint density at radius 1 is 0.950 bits per heavy atom. The van der Waals surface area contributed by atoms with Crippen LogP contribution in [0.4, 0.5) is 0 Å². The molecule has 7 atom stereocenters. The van der Waals surface area contributed by atoms with Crippen molar-refractivity contribution in [3.05, 3.63) is 6.42 Å². The maximum Gasteiger partial charge on any atom is 0.0543 e. The molecule has 4 aliphatic carbocycles. The number of aliphatic hydroxyl groups excluding tert-OH is 1. The summed E-state index contributed by atoms with van der Waals surface area (Å²) < 4.78 is 0. The Morgan fingerprint density at radius 2 is 1.80 bits per heavy atom. The lowest BCUT2D eigenvalue weighted by Crippen LogP contribution is -2.53. The minimum atomic E-state index is -0.00158. The van der Waals surface area contributed by atoms with Crippen LogP contribution in [-0.2, 0) is 0 Å². The quantitative estimate of drug-likeness (QED) is 0.685. The maximum atomic E-state index is 10.0. The van der Waals surface area contributed by atoms with Crippen molar-refractivity contribution in [3.8, 4) is 0 Å². The van der Waals surface area contributed by atoms with E-state index in [1.54, 1.807) is 0 Å². The van der Waals surface area contributed by atoms with E-state index in [4.69, 9.17) is 0 Å². The molecule has 0 aromatic carbocycles. The first-order chi connectivity index (χ1) is 9.53. The maximum absolute atomic E-state index is 10.0. The van der Waals surface area contributed by atoms with Crippen LogP contribution < -0.4 is 0 Å². The van der Waals surface area contributed by atoms with Crippen molar-refractivity contribution in [1.29, 1.82) is 0 Å². The minimum Gasteiger partial charge on any atom is -0.393 e. The second-order valence-electron chi connectivity index (χ2n) is 8.91. The first-order valence-corrected chi connectivity index (χ1v) is 9.05. The minimum absolute atomic E-state index is 0.00158. The Morgan fingerprint density at radius 3 is 2.65 bits per heavy atom. The third-order valence-electron chi connectivity index (χ3n) is 8.16. The van der Waals surface area contributed by atoms with Gasteiger partial charge in [0.15, 0.2) is 0 Å². The van der Waals surface area contributed by atoms with Gasteiger partial charge in [0.2, 0.25) is 0 Å². The van der Waals surface area contributed by atoms with Crippen LogP contribution in [-0.4, -0.2) is 11.2 Å². The summed E-state index contributed by atoms with van der Waals surface area (Å²) in [6, 6.07) is 0. The number of hydrogen-bond acceptors (Lipinski definition) is 1. The van der Waals surface area contributed by atoms with Crippen molar-refractivity contribution < 1.29 is 5.11 Å². The molecule has 4 saturated carbocycles. The SMILES string of the molecule is CC12[CH]CCC1C1CCC3CC(O)CCC3(C)C1CC2. The van der Waals surface area contributed by atoms with Crippen LogP contribution in [0.3, 0.4) is 0 Å². The first-order valence-electron chi connectivity index (χ1n) is 9.05. The van der Waals surface area contributed by atoms with Crippen molar-refractivity contribution in [3.63, 3.8) is 0 Å². The van der Waals surface area contributed by atoms with E-state index in [9.17, 15) is 5.11 Å². The molecule has 1 heteroatoms. The molecular formula is C19H31O. The van der Waals surface area contributed by atoms with E-state index >= 15 is 0 Å². The van der Waals surface area contributed by atoms with Crippen LogP contribution in [0.5, 0.6) is 0 Å². The Balaban J connectivity index is 1.62. The lowest BCUT2D eigenvalue weighted by molar-refractivity contribution is -0.117. The van der Waals surface area contributed by atoms with Crippen LogP contribution in [0.25, 0.3) is 0 Å². The predicted molar refractivity (Wildman–Crippen MR) is 82.0 cm³/mol. The van der Waals surface area contributed by atoms with Gasteiger partial charge in [-0.25, -0.2) is 0 Å². The normalized spacial score (nSPS) is 58.6. The summed E-state index contributed by atoms with van der Waals surface area (Å²) in [6.07, 6.45) is 14.6. The van der Waals surface area contributed by atoms with E-state index in [0.717, 1.165) is 36.5 Å². The lowest BCUT2D eigenvalue weighted by Gasteiger charge is -2.60. The van der Waals surface area contributed by atoms with Crippen molar-refractivity contribution in [2.24, 2.45) is 34.5 Å². The van der Waals surface area contributed by atoms with Gasteiger partial charge in [-0.2, -0.15) is 0 Å². The van der Waals surface area contributed by atoms with Crippen LogP contribution in [0.1, 0.15) is 71.6 Å². The summed E-state index contributed by atoms with van der Waals surface area (Å²) in [5, 5.41) is 10.0. The zero-order valence-corrected chi connectivity index (χ0v) is 13.3. The fourth-order valence-corrected chi connectivity index (χ4v) is 6.97. The Bertz CT molecular complexity index is 391. The molecule has 0 aromatic rings. The molecule has 0 heterocycles. The van der Waals surface area contributed by atoms with E-state index in [1.807, 2.05) is 0 Å². The molecule has 0 aliphatic heterocycles. The van der Waals surface area contributed by atoms with Crippen LogP contribution >= 0.6 is 0 Å². The van der Waals surface area contributed by atoms with Gasteiger partial charge < -0.3 is 5.11 Å². The van der Waals surface area contributed by atoms with Gasteiger partial charge in [0.25, 0.3) is 0 Å². The molecule has 4 aliphatic rings. The van der Waals surface area contributed by atoms with Crippen molar-refractivity contribution in [2.75, 3.05) is 0 Å². The Hall–Kier alpha value is -0.0400. The molecule has 4 fully saturated rings. The molecule has 20 heavy (non-hydrogen) atoms. The monoisotopic (exact) mass is 275 g/mol. The van der Waals surface area contributed by atoms with Crippen molar-refractivity contribution in [1.82, 2.24) is 0 Å². The second-order valence-corrected chi connectivity index (χ2v) is 8.91. The molecule has 0 aromatic heterocycles. The summed E-state index contributed by atoms with van der Waals surface area (Å²) >= 11 is 0. The Labute approximate surface area is 124 Å². The molecule has 0 spiro atoms. The van der Waals surface area contributed by atoms with Crippen LogP contribution in [0, 0.1) is 40.9 Å². The van der Waals surface area contributed by atoms with Gasteiger partial charge in [-0.15, -0.1) is 0 Å². The second kappa shape index (κ2) is 4.48. The molecule has 113 valence electrons. The van der Waals surface area contributed by atoms with E-state index in [2.05, 4.69) is 20.3 Å². The molecule has 0 saturated heterocycles.